The third-order valence-corrected chi connectivity index (χ3v) is 9.11. The number of hydrogen-bond acceptors (Lipinski definition) is 6. The Labute approximate surface area is 249 Å². The van der Waals surface area contributed by atoms with E-state index < -0.39 is 11.0 Å². The summed E-state index contributed by atoms with van der Waals surface area (Å²) in [5.74, 6) is 1.93. The Morgan fingerprint density at radius 1 is 1.00 bits per heavy atom. The average molecular weight is 588 g/mol. The summed E-state index contributed by atoms with van der Waals surface area (Å²) in [4.78, 5) is 28.7. The van der Waals surface area contributed by atoms with Gasteiger partial charge in [-0.3, -0.25) is 4.79 Å². The van der Waals surface area contributed by atoms with Gasteiger partial charge in [-0.1, -0.05) is 36.6 Å². The van der Waals surface area contributed by atoms with Crippen LogP contribution >= 0.6 is 11.6 Å². The predicted octanol–water partition coefficient (Wildman–Crippen LogP) is 6.79. The van der Waals surface area contributed by atoms with Crippen LogP contribution in [-0.4, -0.2) is 38.2 Å². The molecule has 1 atom stereocenters. The van der Waals surface area contributed by atoms with Crippen LogP contribution in [0.1, 0.15) is 54.0 Å². The summed E-state index contributed by atoms with van der Waals surface area (Å²) in [6.45, 7) is 2.65. The minimum Gasteiger partial charge on any atom is -0.493 e. The number of halogens is 1. The molecule has 0 bridgehead atoms. The molecule has 1 unspecified atom stereocenters. The van der Waals surface area contributed by atoms with Gasteiger partial charge in [-0.25, -0.2) is 4.79 Å². The SMILES string of the molecule is COc1cc2c(cc1OC)C(COc1ccc3c(C)cc(=O)oc3c1)N(C(=O)C1(c3ccc(Cl)cc3)CCCC1)CC2. The van der Waals surface area contributed by atoms with Crippen LogP contribution in [0.25, 0.3) is 11.0 Å². The van der Waals surface area contributed by atoms with E-state index in [-0.39, 0.29) is 18.6 Å². The lowest BCUT2D eigenvalue weighted by atomic mass is 9.76. The largest absolute Gasteiger partial charge is 0.493 e. The van der Waals surface area contributed by atoms with Gasteiger partial charge >= 0.3 is 5.63 Å². The smallest absolute Gasteiger partial charge is 0.336 e. The van der Waals surface area contributed by atoms with Crippen molar-refractivity contribution >= 4 is 28.5 Å². The Kier molecular flexibility index (Phi) is 7.62. The predicted molar refractivity (Wildman–Crippen MR) is 162 cm³/mol. The number of carbonyl (C=O) groups excluding carboxylic acids is 1. The van der Waals surface area contributed by atoms with E-state index >= 15 is 0 Å². The number of ether oxygens (including phenoxy) is 3. The number of carbonyl (C=O) groups is 1. The zero-order valence-corrected chi connectivity index (χ0v) is 24.8. The van der Waals surface area contributed by atoms with Crippen LogP contribution in [0.4, 0.5) is 0 Å². The van der Waals surface area contributed by atoms with Crippen LogP contribution in [0, 0.1) is 6.92 Å². The fourth-order valence-electron chi connectivity index (χ4n) is 6.67. The zero-order valence-electron chi connectivity index (χ0n) is 24.1. The first kappa shape index (κ1) is 28.2. The molecule has 42 heavy (non-hydrogen) atoms. The molecule has 7 nitrogen and oxygen atoms in total. The molecular weight excluding hydrogens is 554 g/mol. The first-order valence-corrected chi connectivity index (χ1v) is 14.7. The highest BCUT2D eigenvalue weighted by atomic mass is 35.5. The molecule has 0 spiro atoms. The highest BCUT2D eigenvalue weighted by molar-refractivity contribution is 6.30. The van der Waals surface area contributed by atoms with Crippen LogP contribution in [-0.2, 0) is 16.6 Å². The van der Waals surface area contributed by atoms with Crippen molar-refractivity contribution in [2.75, 3.05) is 27.4 Å². The van der Waals surface area contributed by atoms with Crippen molar-refractivity contribution in [3.63, 3.8) is 0 Å². The minimum atomic E-state index is -0.610. The van der Waals surface area contributed by atoms with E-state index in [1.807, 2.05) is 60.4 Å². The number of hydrogen-bond donors (Lipinski definition) is 0. The van der Waals surface area contributed by atoms with Crippen molar-refractivity contribution in [1.82, 2.24) is 4.90 Å². The van der Waals surface area contributed by atoms with Crippen LogP contribution in [0.15, 0.2) is 69.9 Å². The summed E-state index contributed by atoms with van der Waals surface area (Å²) < 4.78 is 23.1. The normalized spacial score (nSPS) is 17.6. The molecule has 3 aromatic carbocycles. The second-order valence-corrected chi connectivity index (χ2v) is 11.6. The minimum absolute atomic E-state index is 0.108. The van der Waals surface area contributed by atoms with Crippen LogP contribution < -0.4 is 19.8 Å². The number of nitrogens with zero attached hydrogens (tertiary/aromatic N) is 1. The van der Waals surface area contributed by atoms with Crippen molar-refractivity contribution in [2.24, 2.45) is 0 Å². The maximum absolute atomic E-state index is 14.7. The molecule has 1 aromatic heterocycles. The summed E-state index contributed by atoms with van der Waals surface area (Å²) in [5, 5.41) is 1.50. The Balaban J connectivity index is 1.39. The van der Waals surface area contributed by atoms with Crippen molar-refractivity contribution < 1.29 is 23.4 Å². The van der Waals surface area contributed by atoms with Gasteiger partial charge in [0.15, 0.2) is 11.5 Å². The van der Waals surface area contributed by atoms with Crippen molar-refractivity contribution in [1.29, 1.82) is 0 Å². The lowest BCUT2D eigenvalue weighted by molar-refractivity contribution is -0.141. The molecule has 6 rings (SSSR count). The number of rotatable bonds is 7. The molecule has 1 aliphatic carbocycles. The molecule has 1 fully saturated rings. The van der Waals surface area contributed by atoms with E-state index in [9.17, 15) is 9.59 Å². The third kappa shape index (κ3) is 5.00. The second-order valence-electron chi connectivity index (χ2n) is 11.2. The number of methoxy groups -OCH3 is 2. The average Bonchev–Trinajstić information content (AvgIpc) is 3.50. The van der Waals surface area contributed by atoms with Crippen molar-refractivity contribution in [3.05, 3.63) is 98.4 Å². The van der Waals surface area contributed by atoms with E-state index in [1.54, 1.807) is 20.3 Å². The number of amides is 1. The molecule has 1 aliphatic heterocycles. The lowest BCUT2D eigenvalue weighted by Crippen LogP contribution is -2.50. The van der Waals surface area contributed by atoms with Gasteiger partial charge in [0.2, 0.25) is 5.91 Å². The summed E-state index contributed by atoms with van der Waals surface area (Å²) in [7, 11) is 3.24. The van der Waals surface area contributed by atoms with Gasteiger partial charge in [0.25, 0.3) is 0 Å². The molecule has 2 aliphatic rings. The maximum atomic E-state index is 14.7. The number of benzene rings is 3. The fourth-order valence-corrected chi connectivity index (χ4v) is 6.80. The molecule has 4 aromatic rings. The summed E-state index contributed by atoms with van der Waals surface area (Å²) in [6.07, 6.45) is 4.26. The lowest BCUT2D eigenvalue weighted by Gasteiger charge is -2.42. The number of fused-ring (bicyclic) bond motifs is 2. The molecule has 0 radical (unpaired) electrons. The van der Waals surface area contributed by atoms with Gasteiger partial charge in [-0.2, -0.15) is 0 Å². The molecule has 0 N–H and O–H groups in total. The Hall–Kier alpha value is -3.97. The quantitative estimate of drug-likeness (QED) is 0.222. The molecule has 2 heterocycles. The van der Waals surface area contributed by atoms with E-state index in [1.165, 1.54) is 6.07 Å². The van der Waals surface area contributed by atoms with Gasteiger partial charge < -0.3 is 23.5 Å². The van der Waals surface area contributed by atoms with E-state index in [4.69, 9.17) is 30.2 Å². The topological polar surface area (TPSA) is 78.2 Å². The molecule has 1 amide bonds. The van der Waals surface area contributed by atoms with Gasteiger partial charge in [0.05, 0.1) is 25.7 Å². The first-order chi connectivity index (χ1) is 20.3. The zero-order chi connectivity index (χ0) is 29.4. The van der Waals surface area contributed by atoms with Gasteiger partial charge in [0.1, 0.15) is 17.9 Å². The van der Waals surface area contributed by atoms with Crippen LogP contribution in [0.5, 0.6) is 17.2 Å². The van der Waals surface area contributed by atoms with E-state index in [2.05, 4.69) is 0 Å². The van der Waals surface area contributed by atoms with E-state index in [0.717, 1.165) is 53.3 Å². The molecule has 8 heteroatoms. The van der Waals surface area contributed by atoms with Crippen molar-refractivity contribution in [2.45, 2.75) is 50.5 Å². The number of aryl methyl sites for hydroxylation is 1. The Bertz CT molecular complexity index is 1690. The third-order valence-electron chi connectivity index (χ3n) is 8.86. The Morgan fingerprint density at radius 3 is 2.43 bits per heavy atom. The van der Waals surface area contributed by atoms with Crippen LogP contribution in [0.2, 0.25) is 5.02 Å². The summed E-state index contributed by atoms with van der Waals surface area (Å²) in [5.41, 5.74) is 3.37. The molecule has 1 saturated carbocycles. The molecule has 218 valence electrons. The van der Waals surface area contributed by atoms with Crippen molar-refractivity contribution in [3.8, 4) is 17.2 Å². The fraction of sp³-hybridized carbons (Fsp3) is 0.353. The molecular formula is C34H34ClNO6. The second kappa shape index (κ2) is 11.4. The van der Waals surface area contributed by atoms with Gasteiger partial charge in [-0.15, -0.1) is 0 Å². The molecule has 0 saturated heterocycles. The van der Waals surface area contributed by atoms with E-state index in [0.29, 0.717) is 40.8 Å². The Morgan fingerprint density at radius 2 is 1.71 bits per heavy atom. The monoisotopic (exact) mass is 587 g/mol. The highest BCUT2D eigenvalue weighted by Gasteiger charge is 2.47. The standard InChI is InChI=1S/C34H34ClNO6/c1-21-16-32(37)42-29-18-25(10-11-26(21)29)41-20-28-27-19-31(40-3)30(39-2)17-22(27)12-15-36(28)33(38)34(13-4-5-14-34)23-6-8-24(35)9-7-23/h6-11,16-19,28H,4-5,12-15,20H2,1-3H3. The summed E-state index contributed by atoms with van der Waals surface area (Å²) >= 11 is 6.22. The first-order valence-electron chi connectivity index (χ1n) is 14.3. The summed E-state index contributed by atoms with van der Waals surface area (Å²) in [6, 6.07) is 18.3. The van der Waals surface area contributed by atoms with Gasteiger partial charge in [-0.05, 0) is 84.8 Å². The van der Waals surface area contributed by atoms with Crippen LogP contribution in [0.3, 0.4) is 0 Å². The maximum Gasteiger partial charge on any atom is 0.336 e. The van der Waals surface area contributed by atoms with Gasteiger partial charge in [0, 0.05) is 29.1 Å². The highest BCUT2D eigenvalue weighted by Crippen LogP contribution is 2.46.